The third-order valence-electron chi connectivity index (χ3n) is 7.99. The third-order valence-corrected chi connectivity index (χ3v) is 8.77. The molecule has 0 saturated heterocycles. The highest BCUT2D eigenvalue weighted by Gasteiger charge is 2.32. The molecular weight excluding hydrogens is 661 g/mol. The molecule has 2 N–H and O–H groups in total. The lowest BCUT2D eigenvalue weighted by atomic mass is 9.83. The summed E-state index contributed by atoms with van der Waals surface area (Å²) in [6, 6.07) is 27.2. The number of amides is 1. The van der Waals surface area contributed by atoms with E-state index in [1.165, 1.54) is 0 Å². The van der Waals surface area contributed by atoms with E-state index in [0.29, 0.717) is 33.8 Å². The van der Waals surface area contributed by atoms with E-state index < -0.39 is 22.8 Å². The lowest BCUT2D eigenvalue weighted by Gasteiger charge is -2.21. The molecule has 0 bridgehead atoms. The third kappa shape index (κ3) is 8.80. The van der Waals surface area contributed by atoms with Crippen LogP contribution in [0.1, 0.15) is 65.0 Å². The summed E-state index contributed by atoms with van der Waals surface area (Å²) in [5.74, 6) is -0.567. The van der Waals surface area contributed by atoms with Crippen LogP contribution < -0.4 is 5.32 Å². The van der Waals surface area contributed by atoms with Gasteiger partial charge in [-0.2, -0.15) is 13.2 Å². The normalized spacial score (nSPS) is 13.2. The second kappa shape index (κ2) is 14.5. The molecule has 4 aromatic carbocycles. The van der Waals surface area contributed by atoms with Gasteiger partial charge in [-0.05, 0) is 82.1 Å². The van der Waals surface area contributed by atoms with Crippen molar-refractivity contribution in [2.24, 2.45) is 0 Å². The first-order valence-electron chi connectivity index (χ1n) is 15.2. The number of carbonyl (C=O) groups excluding carboxylic acids is 1. The van der Waals surface area contributed by atoms with E-state index in [-0.39, 0.29) is 40.9 Å². The first-order chi connectivity index (χ1) is 22.7. The first-order valence-corrected chi connectivity index (χ1v) is 16.8. The van der Waals surface area contributed by atoms with Gasteiger partial charge in [-0.25, -0.2) is 4.21 Å². The smallest absolute Gasteiger partial charge is 0.356 e. The molecule has 0 aliphatic rings. The molecule has 6 nitrogen and oxygen atoms in total. The van der Waals surface area contributed by atoms with Gasteiger partial charge in [-0.3, -0.25) is 4.79 Å². The van der Waals surface area contributed by atoms with Gasteiger partial charge in [-0.1, -0.05) is 86.1 Å². The summed E-state index contributed by atoms with van der Waals surface area (Å²) in [5, 5.41) is 7.37. The van der Waals surface area contributed by atoms with Crippen LogP contribution in [0.5, 0.6) is 0 Å². The second-order valence-corrected chi connectivity index (χ2v) is 14.0. The van der Waals surface area contributed by atoms with E-state index in [9.17, 15) is 22.2 Å². The molecule has 0 spiro atoms. The van der Waals surface area contributed by atoms with Crippen molar-refractivity contribution in [3.8, 4) is 22.5 Å². The van der Waals surface area contributed by atoms with Gasteiger partial charge in [0.15, 0.2) is 16.8 Å². The van der Waals surface area contributed by atoms with Crippen molar-refractivity contribution >= 4 is 28.6 Å². The number of halogens is 4. The number of alkyl halides is 3. The Morgan fingerprint density at radius 2 is 1.58 bits per heavy atom. The largest absolute Gasteiger partial charge is 0.416 e. The average Bonchev–Trinajstić information content (AvgIpc) is 3.53. The van der Waals surface area contributed by atoms with Crippen molar-refractivity contribution in [3.63, 3.8) is 0 Å². The summed E-state index contributed by atoms with van der Waals surface area (Å²) in [4.78, 5) is 12.5. The van der Waals surface area contributed by atoms with E-state index in [4.69, 9.17) is 20.7 Å². The van der Waals surface area contributed by atoms with Crippen LogP contribution in [0.4, 0.5) is 13.2 Å². The molecule has 5 aromatic rings. The van der Waals surface area contributed by atoms with Crippen LogP contribution in [0.3, 0.4) is 0 Å². The Labute approximate surface area is 284 Å². The minimum atomic E-state index is -4.59. The number of rotatable bonds is 10. The van der Waals surface area contributed by atoms with Crippen LogP contribution >= 0.6 is 11.6 Å². The Balaban J connectivity index is 1.50. The minimum absolute atomic E-state index is 0.0668. The van der Waals surface area contributed by atoms with Gasteiger partial charge >= 0.3 is 6.18 Å². The number of nitrogens with zero attached hydrogens (tertiary/aromatic N) is 1. The zero-order valence-corrected chi connectivity index (χ0v) is 28.0. The summed E-state index contributed by atoms with van der Waals surface area (Å²) >= 11 is 4.14. The van der Waals surface area contributed by atoms with Gasteiger partial charge < -0.3 is 14.4 Å². The Hall–Kier alpha value is -4.25. The van der Waals surface area contributed by atoms with Gasteiger partial charge in [0.05, 0.1) is 17.0 Å². The fourth-order valence-electron chi connectivity index (χ4n) is 5.35. The van der Waals surface area contributed by atoms with Crippen molar-refractivity contribution in [2.45, 2.75) is 44.7 Å². The molecule has 1 aromatic heterocycles. The molecule has 0 aliphatic carbocycles. The zero-order valence-electron chi connectivity index (χ0n) is 26.5. The number of nitrogens with one attached hydrogen (secondary N) is 1. The maximum Gasteiger partial charge on any atom is 0.416 e. The molecule has 48 heavy (non-hydrogen) atoms. The SMILES string of the molecule is CC(C)(C)c1ccc(C(Cc2ccc(C(=O)NCCS(=O)O)cc2)c2cc(-c3cc(-c4cccc(Cl)c4)cc(C(F)(F)F)c3)on2)cc1. The lowest BCUT2D eigenvalue weighted by Crippen LogP contribution is -2.27. The molecule has 0 saturated carbocycles. The highest BCUT2D eigenvalue weighted by molar-refractivity contribution is 7.79. The second-order valence-electron chi connectivity index (χ2n) is 12.5. The number of aromatic nitrogens is 1. The van der Waals surface area contributed by atoms with Crippen molar-refractivity contribution in [1.29, 1.82) is 0 Å². The molecule has 0 aliphatic heterocycles. The lowest BCUT2D eigenvalue weighted by molar-refractivity contribution is -0.137. The molecule has 0 fully saturated rings. The van der Waals surface area contributed by atoms with E-state index in [0.717, 1.165) is 28.8 Å². The minimum Gasteiger partial charge on any atom is -0.356 e. The number of carbonyl (C=O) groups is 1. The molecule has 11 heteroatoms. The summed E-state index contributed by atoms with van der Waals surface area (Å²) in [5.41, 5.74) is 4.11. The summed E-state index contributed by atoms with van der Waals surface area (Å²) in [6.45, 7) is 6.43. The van der Waals surface area contributed by atoms with Gasteiger partial charge in [0.25, 0.3) is 5.91 Å². The molecule has 2 unspecified atom stereocenters. The summed E-state index contributed by atoms with van der Waals surface area (Å²) < 4.78 is 67.6. The predicted molar refractivity (Wildman–Crippen MR) is 182 cm³/mol. The highest BCUT2D eigenvalue weighted by atomic mass is 35.5. The zero-order chi connectivity index (χ0) is 34.6. The monoisotopic (exact) mass is 694 g/mol. The molecule has 1 heterocycles. The Kier molecular flexibility index (Phi) is 10.6. The topological polar surface area (TPSA) is 92.4 Å². The van der Waals surface area contributed by atoms with Crippen LogP contribution in [-0.2, 0) is 29.1 Å². The van der Waals surface area contributed by atoms with Crippen LogP contribution in [0.2, 0.25) is 5.02 Å². The number of benzene rings is 4. The number of hydrogen-bond acceptors (Lipinski definition) is 4. The molecule has 2 atom stereocenters. The average molecular weight is 695 g/mol. The molecule has 0 radical (unpaired) electrons. The fraction of sp³-hybridized carbons (Fsp3) is 0.243. The Bertz CT molecular complexity index is 1920. The number of hydrogen-bond donors (Lipinski definition) is 2. The van der Waals surface area contributed by atoms with E-state index in [1.807, 2.05) is 24.3 Å². The van der Waals surface area contributed by atoms with E-state index in [2.05, 4.69) is 43.4 Å². The van der Waals surface area contributed by atoms with Crippen LogP contribution in [0.25, 0.3) is 22.5 Å². The Morgan fingerprint density at radius 3 is 2.21 bits per heavy atom. The van der Waals surface area contributed by atoms with Gasteiger partial charge in [-0.15, -0.1) is 0 Å². The maximum atomic E-state index is 14.0. The fourth-order valence-corrected chi connectivity index (χ4v) is 5.81. The van der Waals surface area contributed by atoms with Crippen molar-refractivity contribution in [1.82, 2.24) is 10.5 Å². The van der Waals surface area contributed by atoms with Gasteiger partial charge in [0.2, 0.25) is 0 Å². The standard InChI is InChI=1S/C37H34ClF3N2O4S/c1-36(2,3)29-13-11-24(12-14-29)32(17-23-7-9-25(10-8-23)35(44)42-15-16-48(45)46)33-22-34(47-43-33)28-18-27(19-30(20-28)37(39,40)41)26-5-4-6-31(38)21-26/h4-14,18-22,32H,15-17H2,1-3H3,(H,42,44)(H,45,46). The van der Waals surface area contributed by atoms with Crippen molar-refractivity contribution in [2.75, 3.05) is 12.3 Å². The maximum absolute atomic E-state index is 14.0. The molecule has 250 valence electrons. The quantitative estimate of drug-likeness (QED) is 0.142. The molecule has 1 amide bonds. The summed E-state index contributed by atoms with van der Waals surface area (Å²) in [7, 11) is 0. The summed E-state index contributed by atoms with van der Waals surface area (Å²) in [6.07, 6.45) is -4.13. The predicted octanol–water partition coefficient (Wildman–Crippen LogP) is 9.30. The van der Waals surface area contributed by atoms with E-state index >= 15 is 0 Å². The van der Waals surface area contributed by atoms with Gasteiger partial charge in [0.1, 0.15) is 0 Å². The molecular formula is C37H34ClF3N2O4S. The first kappa shape index (κ1) is 35.1. The molecule has 5 rings (SSSR count). The van der Waals surface area contributed by atoms with Crippen LogP contribution in [-0.4, -0.2) is 32.1 Å². The van der Waals surface area contributed by atoms with Crippen LogP contribution in [0.15, 0.2) is 102 Å². The van der Waals surface area contributed by atoms with Crippen molar-refractivity contribution < 1.29 is 31.3 Å². The highest BCUT2D eigenvalue weighted by Crippen LogP contribution is 2.38. The van der Waals surface area contributed by atoms with Crippen LogP contribution in [0, 0.1) is 0 Å². The van der Waals surface area contributed by atoms with Crippen molar-refractivity contribution in [3.05, 3.63) is 136 Å². The van der Waals surface area contributed by atoms with Gasteiger partial charge in [0, 0.05) is 34.7 Å². The van der Waals surface area contributed by atoms with E-state index in [1.54, 1.807) is 48.5 Å². The Morgan fingerprint density at radius 1 is 0.896 bits per heavy atom.